The molecule has 3 nitrogen and oxygen atoms in total. The predicted molar refractivity (Wildman–Crippen MR) is 90.2 cm³/mol. The molecule has 0 amide bonds. The summed E-state index contributed by atoms with van der Waals surface area (Å²) in [5, 5.41) is 0. The van der Waals surface area contributed by atoms with Crippen molar-refractivity contribution in [1.29, 1.82) is 0 Å². The van der Waals surface area contributed by atoms with Gasteiger partial charge in [-0.05, 0) is 37.3 Å². The minimum Gasteiger partial charge on any atom is -0.264 e. The van der Waals surface area contributed by atoms with E-state index in [1.54, 1.807) is 30.9 Å². The molecule has 0 spiro atoms. The lowest BCUT2D eigenvalue weighted by atomic mass is 10.1. The molecule has 3 heteroatoms. The van der Waals surface area contributed by atoms with Crippen LogP contribution in [0.15, 0.2) is 72.8 Å². The van der Waals surface area contributed by atoms with Gasteiger partial charge in [-0.3, -0.25) is 9.97 Å². The van der Waals surface area contributed by atoms with Crippen LogP contribution in [0.25, 0.3) is 5.70 Å². The van der Waals surface area contributed by atoms with E-state index in [2.05, 4.69) is 21.5 Å². The van der Waals surface area contributed by atoms with Crippen molar-refractivity contribution in [2.45, 2.75) is 20.8 Å². The van der Waals surface area contributed by atoms with Crippen LogP contribution in [-0.4, -0.2) is 15.7 Å². The summed E-state index contributed by atoms with van der Waals surface area (Å²) in [6.07, 6.45) is 10.7. The molecule has 0 aromatic carbocycles. The summed E-state index contributed by atoms with van der Waals surface area (Å²) in [5.74, 6) is 0. The molecule has 2 aromatic rings. The minimum absolute atomic E-state index is 0.796. The predicted octanol–water partition coefficient (Wildman–Crippen LogP) is 4.54. The third-order valence-electron chi connectivity index (χ3n) is 2.62. The first-order valence-electron chi connectivity index (χ1n) is 7.03. The monoisotopic (exact) mass is 279 g/mol. The lowest BCUT2D eigenvalue weighted by molar-refractivity contribution is 1.29. The molecule has 0 fully saturated rings. The fourth-order valence-electron chi connectivity index (χ4n) is 1.68. The second-order valence-corrected chi connectivity index (χ2v) is 3.86. The smallest absolute Gasteiger partial charge is 0.0718 e. The molecule has 21 heavy (non-hydrogen) atoms. The molecule has 0 aliphatic rings. The summed E-state index contributed by atoms with van der Waals surface area (Å²) in [5.41, 5.74) is 3.59. The van der Waals surface area contributed by atoms with Gasteiger partial charge in [0.25, 0.3) is 0 Å². The third-order valence-corrected chi connectivity index (χ3v) is 2.62. The molecule has 0 saturated carbocycles. The molecule has 0 saturated heterocycles. The van der Waals surface area contributed by atoms with Crippen molar-refractivity contribution in [2.75, 3.05) is 0 Å². The molecule has 0 bridgehead atoms. The van der Waals surface area contributed by atoms with Gasteiger partial charge in [0.2, 0.25) is 0 Å². The molecule has 0 radical (unpaired) electrons. The van der Waals surface area contributed by atoms with Crippen molar-refractivity contribution in [3.63, 3.8) is 0 Å². The van der Waals surface area contributed by atoms with Gasteiger partial charge in [0.1, 0.15) is 0 Å². The topological polar surface area (TPSA) is 38.1 Å². The highest BCUT2D eigenvalue weighted by molar-refractivity contribution is 6.10. The summed E-state index contributed by atoms with van der Waals surface area (Å²) in [6, 6.07) is 7.72. The third kappa shape index (κ3) is 4.80. The molecule has 108 valence electrons. The van der Waals surface area contributed by atoms with Crippen LogP contribution < -0.4 is 0 Å². The maximum absolute atomic E-state index is 4.63. The first-order valence-corrected chi connectivity index (χ1v) is 7.03. The minimum atomic E-state index is 0.796. The molecule has 2 aromatic heterocycles. The Balaban J connectivity index is 0.00000106. The van der Waals surface area contributed by atoms with Crippen LogP contribution in [0, 0.1) is 0 Å². The SMILES string of the molecule is C=CC(=N/C(=C\C)c1cccnc1)c1cccnc1.CC. The molecule has 0 aliphatic heterocycles. The van der Waals surface area contributed by atoms with Crippen LogP contribution in [0.2, 0.25) is 0 Å². The van der Waals surface area contributed by atoms with E-state index >= 15 is 0 Å². The van der Waals surface area contributed by atoms with Gasteiger partial charge in [0.15, 0.2) is 0 Å². The number of aliphatic imine (C=N–C) groups is 1. The summed E-state index contributed by atoms with van der Waals surface area (Å²) in [4.78, 5) is 12.8. The Kier molecular flexibility index (Phi) is 7.36. The molecular formula is C18H21N3. The first kappa shape index (κ1) is 16.5. The average molecular weight is 279 g/mol. The van der Waals surface area contributed by atoms with Crippen molar-refractivity contribution >= 4 is 11.4 Å². The van der Waals surface area contributed by atoms with Gasteiger partial charge in [0.05, 0.1) is 11.4 Å². The normalized spacial score (nSPS) is 11.4. The van der Waals surface area contributed by atoms with Crippen molar-refractivity contribution in [2.24, 2.45) is 4.99 Å². The molecular weight excluding hydrogens is 258 g/mol. The molecule has 0 atom stereocenters. The van der Waals surface area contributed by atoms with Gasteiger partial charge >= 0.3 is 0 Å². The number of aromatic nitrogens is 2. The van der Waals surface area contributed by atoms with E-state index in [0.717, 1.165) is 22.5 Å². The van der Waals surface area contributed by atoms with Gasteiger partial charge in [-0.1, -0.05) is 26.5 Å². The van der Waals surface area contributed by atoms with Gasteiger partial charge in [-0.15, -0.1) is 0 Å². The molecule has 2 rings (SSSR count). The van der Waals surface area contributed by atoms with Crippen molar-refractivity contribution in [1.82, 2.24) is 9.97 Å². The van der Waals surface area contributed by atoms with Crippen LogP contribution in [-0.2, 0) is 0 Å². The van der Waals surface area contributed by atoms with E-state index < -0.39 is 0 Å². The second-order valence-electron chi connectivity index (χ2n) is 3.86. The highest BCUT2D eigenvalue weighted by Crippen LogP contribution is 2.16. The Hall–Kier alpha value is -2.55. The maximum atomic E-state index is 4.63. The number of hydrogen-bond acceptors (Lipinski definition) is 3. The van der Waals surface area contributed by atoms with Gasteiger partial charge < -0.3 is 0 Å². The van der Waals surface area contributed by atoms with Crippen molar-refractivity contribution in [3.05, 3.63) is 78.9 Å². The second kappa shape index (κ2) is 9.37. The summed E-state index contributed by atoms with van der Waals surface area (Å²) in [6.45, 7) is 9.77. The number of nitrogens with zero attached hydrogens (tertiary/aromatic N) is 3. The molecule has 0 unspecified atom stereocenters. The zero-order valence-electron chi connectivity index (χ0n) is 12.8. The van der Waals surface area contributed by atoms with E-state index in [9.17, 15) is 0 Å². The molecule has 0 N–H and O–H groups in total. The quantitative estimate of drug-likeness (QED) is 0.771. The van der Waals surface area contributed by atoms with Crippen molar-refractivity contribution < 1.29 is 0 Å². The average Bonchev–Trinajstić information content (AvgIpc) is 2.59. The van der Waals surface area contributed by atoms with E-state index in [-0.39, 0.29) is 0 Å². The van der Waals surface area contributed by atoms with Gasteiger partial charge in [-0.25, -0.2) is 4.99 Å². The van der Waals surface area contributed by atoms with Crippen LogP contribution in [0.1, 0.15) is 31.9 Å². The maximum Gasteiger partial charge on any atom is 0.0718 e. The van der Waals surface area contributed by atoms with Crippen LogP contribution in [0.5, 0.6) is 0 Å². The standard InChI is InChI=1S/C16H15N3.C2H6/c1-3-15(13-7-5-9-17-11-13)19-16(4-2)14-8-6-10-18-12-14;1-2/h3-12H,1H2,2H3;1-2H3/b16-4-,19-15?;. The van der Waals surface area contributed by atoms with E-state index in [4.69, 9.17) is 0 Å². The van der Waals surface area contributed by atoms with Crippen molar-refractivity contribution in [3.8, 4) is 0 Å². The first-order chi connectivity index (χ1) is 10.3. The number of allylic oxidation sites excluding steroid dienone is 2. The Morgan fingerprint density at radius 1 is 1.05 bits per heavy atom. The van der Waals surface area contributed by atoms with E-state index in [1.807, 2.05) is 51.1 Å². The highest BCUT2D eigenvalue weighted by atomic mass is 14.8. The molecule has 0 aliphatic carbocycles. The number of hydrogen-bond donors (Lipinski definition) is 0. The van der Waals surface area contributed by atoms with Crippen LogP contribution in [0.4, 0.5) is 0 Å². The Morgan fingerprint density at radius 2 is 1.62 bits per heavy atom. The fourth-order valence-corrected chi connectivity index (χ4v) is 1.68. The summed E-state index contributed by atoms with van der Waals surface area (Å²) < 4.78 is 0. The van der Waals surface area contributed by atoms with E-state index in [0.29, 0.717) is 0 Å². The zero-order valence-corrected chi connectivity index (χ0v) is 12.8. The lowest BCUT2D eigenvalue weighted by Gasteiger charge is -2.04. The van der Waals surface area contributed by atoms with Gasteiger partial charge in [-0.2, -0.15) is 0 Å². The molecule has 2 heterocycles. The zero-order chi connectivity index (χ0) is 15.5. The highest BCUT2D eigenvalue weighted by Gasteiger charge is 2.03. The Bertz CT molecular complexity index is 599. The fraction of sp³-hybridized carbons (Fsp3) is 0.167. The van der Waals surface area contributed by atoms with E-state index in [1.165, 1.54) is 0 Å². The number of rotatable bonds is 4. The van der Waals surface area contributed by atoms with Crippen LogP contribution >= 0.6 is 0 Å². The number of pyridine rings is 2. The van der Waals surface area contributed by atoms with Crippen LogP contribution in [0.3, 0.4) is 0 Å². The lowest BCUT2D eigenvalue weighted by Crippen LogP contribution is -1.97. The largest absolute Gasteiger partial charge is 0.264 e. The van der Waals surface area contributed by atoms with Gasteiger partial charge in [0, 0.05) is 35.9 Å². The Morgan fingerprint density at radius 3 is 2.05 bits per heavy atom. The Labute approximate surface area is 126 Å². The summed E-state index contributed by atoms with van der Waals surface area (Å²) >= 11 is 0. The summed E-state index contributed by atoms with van der Waals surface area (Å²) in [7, 11) is 0.